The molecule has 3 nitrogen and oxygen atoms in total. The summed E-state index contributed by atoms with van der Waals surface area (Å²) in [5, 5.41) is 0. The maximum Gasteiger partial charge on any atom is 0.191 e. The Bertz CT molecular complexity index is 259. The summed E-state index contributed by atoms with van der Waals surface area (Å²) in [7, 11) is 0. The SMILES string of the molecule is CC(C)C1CCN(C(N)=NC2CCCC2)CC1. The summed E-state index contributed by atoms with van der Waals surface area (Å²) >= 11 is 0. The molecule has 1 saturated heterocycles. The van der Waals surface area contributed by atoms with Crippen molar-refractivity contribution < 1.29 is 0 Å². The van der Waals surface area contributed by atoms with Crippen molar-refractivity contribution in [2.75, 3.05) is 13.1 Å². The molecule has 0 atom stereocenters. The maximum absolute atomic E-state index is 6.13. The van der Waals surface area contributed by atoms with Crippen molar-refractivity contribution in [1.29, 1.82) is 0 Å². The molecule has 0 spiro atoms. The van der Waals surface area contributed by atoms with Gasteiger partial charge in [0.1, 0.15) is 0 Å². The number of hydrogen-bond acceptors (Lipinski definition) is 1. The Morgan fingerprint density at radius 2 is 1.71 bits per heavy atom. The highest BCUT2D eigenvalue weighted by molar-refractivity contribution is 5.78. The van der Waals surface area contributed by atoms with Gasteiger partial charge in [-0.15, -0.1) is 0 Å². The van der Waals surface area contributed by atoms with E-state index in [0.717, 1.165) is 30.9 Å². The molecule has 1 aliphatic heterocycles. The Hall–Kier alpha value is -0.730. The number of guanidine groups is 1. The van der Waals surface area contributed by atoms with Crippen LogP contribution >= 0.6 is 0 Å². The van der Waals surface area contributed by atoms with Crippen LogP contribution < -0.4 is 5.73 Å². The molecule has 3 heteroatoms. The van der Waals surface area contributed by atoms with Crippen molar-refractivity contribution in [3.63, 3.8) is 0 Å². The Morgan fingerprint density at radius 3 is 2.24 bits per heavy atom. The molecule has 0 radical (unpaired) electrons. The highest BCUT2D eigenvalue weighted by Crippen LogP contribution is 2.25. The predicted octanol–water partition coefficient (Wildman–Crippen LogP) is 2.61. The number of nitrogens with zero attached hydrogens (tertiary/aromatic N) is 2. The molecule has 1 heterocycles. The van der Waals surface area contributed by atoms with E-state index in [-0.39, 0.29) is 0 Å². The van der Waals surface area contributed by atoms with E-state index in [2.05, 4.69) is 23.7 Å². The van der Waals surface area contributed by atoms with Gasteiger partial charge in [-0.3, -0.25) is 0 Å². The molecule has 2 rings (SSSR count). The third-order valence-electron chi connectivity index (χ3n) is 4.45. The summed E-state index contributed by atoms with van der Waals surface area (Å²) in [5.74, 6) is 2.50. The molecular formula is C14H27N3. The predicted molar refractivity (Wildman–Crippen MR) is 73.0 cm³/mol. The third-order valence-corrected chi connectivity index (χ3v) is 4.45. The van der Waals surface area contributed by atoms with Gasteiger partial charge >= 0.3 is 0 Å². The smallest absolute Gasteiger partial charge is 0.191 e. The standard InChI is InChI=1S/C14H27N3/c1-11(2)12-7-9-17(10-8-12)14(15)16-13-5-3-4-6-13/h11-13H,3-10H2,1-2H3,(H2,15,16). The first kappa shape index (κ1) is 12.7. The molecule has 1 saturated carbocycles. The van der Waals surface area contributed by atoms with Crippen molar-refractivity contribution in [3.8, 4) is 0 Å². The molecule has 0 aromatic carbocycles. The van der Waals surface area contributed by atoms with Gasteiger partial charge in [-0.05, 0) is 37.5 Å². The highest BCUT2D eigenvalue weighted by Gasteiger charge is 2.23. The molecule has 1 aliphatic carbocycles. The first-order valence-electron chi connectivity index (χ1n) is 7.25. The van der Waals surface area contributed by atoms with E-state index in [1.165, 1.54) is 38.5 Å². The van der Waals surface area contributed by atoms with E-state index in [1.54, 1.807) is 0 Å². The van der Waals surface area contributed by atoms with E-state index in [0.29, 0.717) is 6.04 Å². The largest absolute Gasteiger partial charge is 0.370 e. The van der Waals surface area contributed by atoms with Crippen molar-refractivity contribution >= 4 is 5.96 Å². The fourth-order valence-electron chi connectivity index (χ4n) is 3.10. The second-order valence-corrected chi connectivity index (χ2v) is 5.99. The van der Waals surface area contributed by atoms with Gasteiger partial charge in [0.15, 0.2) is 5.96 Å². The molecule has 0 bridgehead atoms. The zero-order valence-corrected chi connectivity index (χ0v) is 11.4. The van der Waals surface area contributed by atoms with E-state index in [4.69, 9.17) is 5.73 Å². The van der Waals surface area contributed by atoms with Gasteiger partial charge in [0.25, 0.3) is 0 Å². The third kappa shape index (κ3) is 3.36. The molecule has 0 amide bonds. The Labute approximate surface area is 105 Å². The fourth-order valence-corrected chi connectivity index (χ4v) is 3.10. The molecule has 2 fully saturated rings. The van der Waals surface area contributed by atoms with E-state index >= 15 is 0 Å². The molecule has 0 unspecified atom stereocenters. The summed E-state index contributed by atoms with van der Waals surface area (Å²) in [6.07, 6.45) is 7.69. The first-order valence-corrected chi connectivity index (χ1v) is 7.25. The Balaban J connectivity index is 1.83. The van der Waals surface area contributed by atoms with Gasteiger partial charge in [-0.1, -0.05) is 26.7 Å². The molecule has 17 heavy (non-hydrogen) atoms. The van der Waals surface area contributed by atoms with Gasteiger partial charge in [0.2, 0.25) is 0 Å². The van der Waals surface area contributed by atoms with E-state index in [9.17, 15) is 0 Å². The molecule has 2 aliphatic rings. The van der Waals surface area contributed by atoms with Crippen LogP contribution in [0.1, 0.15) is 52.4 Å². The normalized spacial score (nSPS) is 24.9. The maximum atomic E-state index is 6.13. The molecule has 98 valence electrons. The second-order valence-electron chi connectivity index (χ2n) is 5.99. The number of rotatable bonds is 2. The van der Waals surface area contributed by atoms with Crippen LogP contribution in [0.25, 0.3) is 0 Å². The lowest BCUT2D eigenvalue weighted by atomic mass is 9.87. The van der Waals surface area contributed by atoms with Crippen molar-refractivity contribution in [2.45, 2.75) is 58.4 Å². The lowest BCUT2D eigenvalue weighted by molar-refractivity contribution is 0.218. The summed E-state index contributed by atoms with van der Waals surface area (Å²) in [5.41, 5.74) is 6.13. The van der Waals surface area contributed by atoms with Gasteiger partial charge in [0.05, 0.1) is 6.04 Å². The number of likely N-dealkylation sites (tertiary alicyclic amines) is 1. The second kappa shape index (κ2) is 5.74. The van der Waals surface area contributed by atoms with Crippen LogP contribution in [0.3, 0.4) is 0 Å². The minimum atomic E-state index is 0.512. The first-order chi connectivity index (χ1) is 8.16. The lowest BCUT2D eigenvalue weighted by Crippen LogP contribution is -2.44. The molecule has 0 aromatic heterocycles. The average molecular weight is 237 g/mol. The van der Waals surface area contributed by atoms with Gasteiger partial charge in [-0.2, -0.15) is 0 Å². The van der Waals surface area contributed by atoms with Gasteiger partial charge in [-0.25, -0.2) is 4.99 Å². The topological polar surface area (TPSA) is 41.6 Å². The summed E-state index contributed by atoms with van der Waals surface area (Å²) in [6.45, 7) is 6.86. The minimum absolute atomic E-state index is 0.512. The van der Waals surface area contributed by atoms with Crippen LogP contribution in [0.5, 0.6) is 0 Å². The van der Waals surface area contributed by atoms with E-state index < -0.39 is 0 Å². The quantitative estimate of drug-likeness (QED) is 0.592. The number of piperidine rings is 1. The Morgan fingerprint density at radius 1 is 1.12 bits per heavy atom. The summed E-state index contributed by atoms with van der Waals surface area (Å²) < 4.78 is 0. The van der Waals surface area contributed by atoms with Gasteiger partial charge < -0.3 is 10.6 Å². The zero-order valence-electron chi connectivity index (χ0n) is 11.4. The Kier molecular flexibility index (Phi) is 4.30. The van der Waals surface area contributed by atoms with Crippen molar-refractivity contribution in [3.05, 3.63) is 0 Å². The number of aliphatic imine (C=N–C) groups is 1. The van der Waals surface area contributed by atoms with Crippen LogP contribution in [0.15, 0.2) is 4.99 Å². The van der Waals surface area contributed by atoms with E-state index in [1.807, 2.05) is 0 Å². The van der Waals surface area contributed by atoms with Crippen LogP contribution in [0.4, 0.5) is 0 Å². The number of hydrogen-bond donors (Lipinski definition) is 1. The molecule has 2 N–H and O–H groups in total. The zero-order chi connectivity index (χ0) is 12.3. The van der Waals surface area contributed by atoms with Crippen LogP contribution in [0, 0.1) is 11.8 Å². The van der Waals surface area contributed by atoms with Gasteiger partial charge in [0, 0.05) is 13.1 Å². The lowest BCUT2D eigenvalue weighted by Gasteiger charge is -2.34. The molecular weight excluding hydrogens is 210 g/mol. The van der Waals surface area contributed by atoms with Crippen molar-refractivity contribution in [2.24, 2.45) is 22.6 Å². The van der Waals surface area contributed by atoms with Crippen LogP contribution in [-0.4, -0.2) is 30.0 Å². The molecule has 0 aromatic rings. The average Bonchev–Trinajstić information content (AvgIpc) is 2.82. The van der Waals surface area contributed by atoms with Crippen LogP contribution in [-0.2, 0) is 0 Å². The monoisotopic (exact) mass is 237 g/mol. The minimum Gasteiger partial charge on any atom is -0.370 e. The van der Waals surface area contributed by atoms with Crippen molar-refractivity contribution in [1.82, 2.24) is 4.90 Å². The number of nitrogens with two attached hydrogens (primary N) is 1. The highest BCUT2D eigenvalue weighted by atomic mass is 15.3. The summed E-state index contributed by atoms with van der Waals surface area (Å²) in [4.78, 5) is 6.98. The fraction of sp³-hybridized carbons (Fsp3) is 0.929. The summed E-state index contributed by atoms with van der Waals surface area (Å²) in [6, 6.07) is 0.512. The van der Waals surface area contributed by atoms with Crippen LogP contribution in [0.2, 0.25) is 0 Å².